The number of rotatable bonds is 6. The molecule has 1 aromatic heterocycles. The zero-order valence-corrected chi connectivity index (χ0v) is 15.9. The minimum absolute atomic E-state index is 0.110. The Morgan fingerprint density at radius 2 is 1.72 bits per heavy atom. The Labute approximate surface area is 162 Å². The predicted molar refractivity (Wildman–Crippen MR) is 105 cm³/mol. The van der Waals surface area contributed by atoms with Crippen molar-refractivity contribution in [3.05, 3.63) is 84.4 Å². The maximum absolute atomic E-state index is 12.3. The first-order valence-electron chi connectivity index (χ1n) is 8.39. The molecule has 0 saturated heterocycles. The van der Waals surface area contributed by atoms with Gasteiger partial charge in [0.05, 0.1) is 16.0 Å². The molecule has 3 aromatic rings. The standard InChI is InChI=1S/C17H17N4O7P/c1-9(10-5-3-2-4-6-10)18-17(29(26,27)28)12-7-11(21(24)25)8-13-14(12)20-16(23)15(22)19-13/h2-9,17-18H,1H3,(H,19,22)(H,20,23)(H2,26,27,28)/t9-,17+/m0/s1. The van der Waals surface area contributed by atoms with Crippen molar-refractivity contribution < 1.29 is 19.3 Å². The second-order valence-electron chi connectivity index (χ2n) is 6.41. The van der Waals surface area contributed by atoms with E-state index in [1.165, 1.54) is 0 Å². The van der Waals surface area contributed by atoms with Gasteiger partial charge in [-0.25, -0.2) is 0 Å². The van der Waals surface area contributed by atoms with Gasteiger partial charge in [-0.3, -0.25) is 29.6 Å². The van der Waals surface area contributed by atoms with Crippen LogP contribution in [0.3, 0.4) is 0 Å². The lowest BCUT2D eigenvalue weighted by Crippen LogP contribution is -2.30. The maximum atomic E-state index is 12.3. The molecule has 12 heteroatoms. The van der Waals surface area contributed by atoms with Crippen molar-refractivity contribution in [1.82, 2.24) is 15.3 Å². The molecule has 2 atom stereocenters. The summed E-state index contributed by atoms with van der Waals surface area (Å²) in [7, 11) is -4.90. The Morgan fingerprint density at radius 3 is 2.31 bits per heavy atom. The summed E-state index contributed by atoms with van der Waals surface area (Å²) in [4.78, 5) is 58.3. The largest absolute Gasteiger partial charge is 0.346 e. The Kier molecular flexibility index (Phi) is 5.49. The van der Waals surface area contributed by atoms with E-state index < -0.39 is 41.1 Å². The first kappa shape index (κ1) is 20.6. The SMILES string of the molecule is C[C@H](N[C@@H](c1cc([N+](=O)[O-])cc2[nH]c(=O)c(=O)[nH]c12)P(=O)(O)O)c1ccccc1. The summed E-state index contributed by atoms with van der Waals surface area (Å²) in [5.74, 6) is -1.68. The van der Waals surface area contributed by atoms with E-state index in [2.05, 4.69) is 15.3 Å². The molecule has 29 heavy (non-hydrogen) atoms. The highest BCUT2D eigenvalue weighted by Crippen LogP contribution is 2.52. The number of hydrogen-bond donors (Lipinski definition) is 5. The summed E-state index contributed by atoms with van der Waals surface area (Å²) in [5, 5.41) is 14.1. The Morgan fingerprint density at radius 1 is 1.10 bits per heavy atom. The van der Waals surface area contributed by atoms with E-state index in [0.717, 1.165) is 17.7 Å². The topological polar surface area (TPSA) is 178 Å². The minimum Gasteiger partial charge on any atom is -0.323 e. The highest BCUT2D eigenvalue weighted by molar-refractivity contribution is 7.52. The molecule has 0 aliphatic rings. The van der Waals surface area contributed by atoms with Gasteiger partial charge in [0, 0.05) is 23.7 Å². The summed E-state index contributed by atoms with van der Waals surface area (Å²) >= 11 is 0. The average Bonchev–Trinajstić information content (AvgIpc) is 2.66. The number of fused-ring (bicyclic) bond motifs is 1. The number of non-ortho nitro benzene ring substituents is 1. The number of aromatic nitrogens is 2. The fraction of sp³-hybridized carbons (Fsp3) is 0.176. The smallest absolute Gasteiger partial charge is 0.323 e. The zero-order valence-electron chi connectivity index (χ0n) is 15.0. The zero-order chi connectivity index (χ0) is 21.3. The third kappa shape index (κ3) is 4.33. The van der Waals surface area contributed by atoms with Crippen molar-refractivity contribution in [3.63, 3.8) is 0 Å². The maximum Gasteiger partial charge on any atom is 0.346 e. The second kappa shape index (κ2) is 7.72. The summed E-state index contributed by atoms with van der Waals surface area (Å²) in [6, 6.07) is 10.2. The van der Waals surface area contributed by atoms with E-state index in [0.29, 0.717) is 0 Å². The molecule has 2 aromatic carbocycles. The van der Waals surface area contributed by atoms with Gasteiger partial charge in [-0.2, -0.15) is 0 Å². The van der Waals surface area contributed by atoms with Crippen LogP contribution in [0.4, 0.5) is 5.69 Å². The van der Waals surface area contributed by atoms with Crippen LogP contribution < -0.4 is 16.4 Å². The lowest BCUT2D eigenvalue weighted by Gasteiger charge is -2.25. The van der Waals surface area contributed by atoms with Crippen molar-refractivity contribution in [2.75, 3.05) is 0 Å². The van der Waals surface area contributed by atoms with Gasteiger partial charge in [0.1, 0.15) is 5.78 Å². The van der Waals surface area contributed by atoms with Crippen molar-refractivity contribution in [3.8, 4) is 0 Å². The van der Waals surface area contributed by atoms with Crippen LogP contribution in [0, 0.1) is 10.1 Å². The van der Waals surface area contributed by atoms with Crippen LogP contribution in [0.2, 0.25) is 0 Å². The van der Waals surface area contributed by atoms with Crippen molar-refractivity contribution in [1.29, 1.82) is 0 Å². The van der Waals surface area contributed by atoms with Gasteiger partial charge in [-0.1, -0.05) is 30.3 Å². The minimum atomic E-state index is -4.90. The number of hydrogen-bond acceptors (Lipinski definition) is 6. The molecule has 0 bridgehead atoms. The molecule has 11 nitrogen and oxygen atoms in total. The molecule has 5 N–H and O–H groups in total. The number of nitro groups is 1. The third-order valence-electron chi connectivity index (χ3n) is 4.40. The normalized spacial score (nSPS) is 13.9. The molecule has 0 aliphatic carbocycles. The van der Waals surface area contributed by atoms with Crippen LogP contribution in [0.1, 0.15) is 29.9 Å². The van der Waals surface area contributed by atoms with Gasteiger partial charge in [0.25, 0.3) is 5.69 Å². The third-order valence-corrected chi connectivity index (χ3v) is 5.50. The number of nitrogens with zero attached hydrogens (tertiary/aromatic N) is 1. The van der Waals surface area contributed by atoms with Crippen LogP contribution in [0.15, 0.2) is 52.1 Å². The number of nitrogens with one attached hydrogen (secondary N) is 3. The van der Waals surface area contributed by atoms with E-state index in [1.807, 2.05) is 0 Å². The quantitative estimate of drug-likeness (QED) is 0.173. The summed E-state index contributed by atoms with van der Waals surface area (Å²) in [6.07, 6.45) is 0. The van der Waals surface area contributed by atoms with E-state index in [4.69, 9.17) is 0 Å². The van der Waals surface area contributed by atoms with Crippen molar-refractivity contribution in [2.45, 2.75) is 18.7 Å². The molecule has 3 rings (SSSR count). The fourth-order valence-electron chi connectivity index (χ4n) is 3.00. The lowest BCUT2D eigenvalue weighted by atomic mass is 10.1. The van der Waals surface area contributed by atoms with Crippen LogP contribution in [-0.2, 0) is 4.57 Å². The van der Waals surface area contributed by atoms with Crippen LogP contribution in [-0.4, -0.2) is 24.7 Å². The molecule has 0 unspecified atom stereocenters. The molecule has 0 aliphatic heterocycles. The molecular formula is C17H17N4O7P. The van der Waals surface area contributed by atoms with Crippen LogP contribution >= 0.6 is 7.60 Å². The molecule has 0 amide bonds. The molecule has 0 fully saturated rings. The van der Waals surface area contributed by atoms with Gasteiger partial charge >= 0.3 is 18.7 Å². The predicted octanol–water partition coefficient (Wildman–Crippen LogP) is 1.65. The summed E-state index contributed by atoms with van der Waals surface area (Å²) in [6.45, 7) is 1.67. The lowest BCUT2D eigenvalue weighted by molar-refractivity contribution is -0.384. The van der Waals surface area contributed by atoms with Gasteiger partial charge in [-0.05, 0) is 12.5 Å². The second-order valence-corrected chi connectivity index (χ2v) is 8.11. The molecule has 0 saturated carbocycles. The van der Waals surface area contributed by atoms with Gasteiger partial charge in [-0.15, -0.1) is 0 Å². The van der Waals surface area contributed by atoms with Gasteiger partial charge in [0.2, 0.25) is 0 Å². The van der Waals surface area contributed by atoms with Crippen LogP contribution in [0.5, 0.6) is 0 Å². The first-order chi connectivity index (χ1) is 13.6. The molecular weight excluding hydrogens is 403 g/mol. The van der Waals surface area contributed by atoms with E-state index in [-0.39, 0.29) is 16.6 Å². The van der Waals surface area contributed by atoms with E-state index in [9.17, 15) is 34.1 Å². The number of H-pyrrole nitrogens is 2. The molecule has 0 spiro atoms. The van der Waals surface area contributed by atoms with Gasteiger partial charge < -0.3 is 19.8 Å². The molecule has 1 heterocycles. The Balaban J connectivity index is 2.23. The Hall–Kier alpha value is -3.11. The molecule has 152 valence electrons. The fourth-order valence-corrected chi connectivity index (χ4v) is 3.98. The average molecular weight is 420 g/mol. The van der Waals surface area contributed by atoms with Crippen molar-refractivity contribution >= 4 is 24.3 Å². The monoisotopic (exact) mass is 420 g/mol. The van der Waals surface area contributed by atoms with E-state index in [1.54, 1.807) is 37.3 Å². The van der Waals surface area contributed by atoms with Gasteiger partial charge in [0.15, 0.2) is 0 Å². The first-order valence-corrected chi connectivity index (χ1v) is 10.1. The van der Waals surface area contributed by atoms with Crippen molar-refractivity contribution in [2.24, 2.45) is 0 Å². The summed E-state index contributed by atoms with van der Waals surface area (Å²) < 4.78 is 12.3. The number of nitro benzene ring substituents is 1. The van der Waals surface area contributed by atoms with E-state index >= 15 is 0 Å². The highest BCUT2D eigenvalue weighted by atomic mass is 31.2. The molecule has 0 radical (unpaired) electrons. The number of aromatic amines is 2. The Bertz CT molecular complexity index is 1230. The van der Waals surface area contributed by atoms with Crippen LogP contribution in [0.25, 0.3) is 11.0 Å². The number of benzene rings is 2. The summed E-state index contributed by atoms with van der Waals surface area (Å²) in [5.41, 5.74) is -2.30. The highest BCUT2D eigenvalue weighted by Gasteiger charge is 2.35.